The van der Waals surface area contributed by atoms with Gasteiger partial charge < -0.3 is 19.5 Å². The van der Waals surface area contributed by atoms with Crippen molar-refractivity contribution in [1.82, 2.24) is 14.8 Å². The van der Waals surface area contributed by atoms with E-state index < -0.39 is 0 Å². The summed E-state index contributed by atoms with van der Waals surface area (Å²) in [6, 6.07) is 12.6. The second-order valence-corrected chi connectivity index (χ2v) is 7.73. The van der Waals surface area contributed by atoms with E-state index in [4.69, 9.17) is 14.2 Å². The molecule has 3 heterocycles. The maximum absolute atomic E-state index is 12.9. The van der Waals surface area contributed by atoms with Crippen LogP contribution in [0.5, 0.6) is 17.2 Å². The Hall–Kier alpha value is -3.59. The van der Waals surface area contributed by atoms with Crippen LogP contribution in [0.2, 0.25) is 0 Å². The Kier molecular flexibility index (Phi) is 4.51. The van der Waals surface area contributed by atoms with Crippen molar-refractivity contribution in [2.75, 3.05) is 25.6 Å². The van der Waals surface area contributed by atoms with Crippen molar-refractivity contribution in [3.63, 3.8) is 0 Å². The van der Waals surface area contributed by atoms with Crippen LogP contribution in [-0.4, -0.2) is 41.0 Å². The Morgan fingerprint density at radius 1 is 1.13 bits per heavy atom. The molecule has 8 nitrogen and oxygen atoms in total. The molecule has 30 heavy (non-hydrogen) atoms. The fraction of sp³-hybridized carbons (Fsp3) is 0.190. The molecule has 0 radical (unpaired) electrons. The Labute approximate surface area is 176 Å². The second-order valence-electron chi connectivity index (χ2n) is 6.73. The van der Waals surface area contributed by atoms with Crippen LogP contribution < -0.4 is 19.5 Å². The van der Waals surface area contributed by atoms with Crippen LogP contribution >= 0.6 is 11.3 Å². The molecule has 4 aromatic rings. The van der Waals surface area contributed by atoms with Crippen molar-refractivity contribution in [1.29, 1.82) is 0 Å². The van der Waals surface area contributed by atoms with Gasteiger partial charge in [-0.15, -0.1) is 0 Å². The second kappa shape index (κ2) is 7.34. The molecule has 1 amide bonds. The van der Waals surface area contributed by atoms with Gasteiger partial charge in [-0.05, 0) is 43.3 Å². The number of benzene rings is 2. The van der Waals surface area contributed by atoms with Crippen molar-refractivity contribution in [2.45, 2.75) is 6.92 Å². The van der Waals surface area contributed by atoms with E-state index in [1.165, 1.54) is 11.3 Å². The van der Waals surface area contributed by atoms with Crippen molar-refractivity contribution < 1.29 is 19.0 Å². The zero-order valence-electron chi connectivity index (χ0n) is 16.3. The van der Waals surface area contributed by atoms with E-state index in [0.717, 1.165) is 21.7 Å². The molecule has 5 rings (SSSR count). The van der Waals surface area contributed by atoms with E-state index in [0.29, 0.717) is 41.2 Å². The first-order valence-corrected chi connectivity index (χ1v) is 10.1. The number of thiazole rings is 1. The van der Waals surface area contributed by atoms with E-state index in [1.807, 2.05) is 31.2 Å². The van der Waals surface area contributed by atoms with Crippen LogP contribution in [0.3, 0.4) is 0 Å². The fourth-order valence-electron chi connectivity index (χ4n) is 3.22. The minimum absolute atomic E-state index is 0.268. The number of carbonyl (C=O) groups is 1. The summed E-state index contributed by atoms with van der Waals surface area (Å²) in [6.45, 7) is 2.84. The van der Waals surface area contributed by atoms with E-state index in [1.54, 1.807) is 30.0 Å². The molecular formula is C21H18N4O4S. The maximum Gasteiger partial charge on any atom is 0.256 e. The zero-order valence-corrected chi connectivity index (χ0v) is 17.2. The van der Waals surface area contributed by atoms with E-state index in [2.05, 4.69) is 15.4 Å². The van der Waals surface area contributed by atoms with Crippen LogP contribution in [0.1, 0.15) is 16.1 Å². The van der Waals surface area contributed by atoms with Crippen LogP contribution in [0.15, 0.2) is 42.5 Å². The molecule has 0 saturated carbocycles. The predicted octanol–water partition coefficient (Wildman–Crippen LogP) is 3.82. The van der Waals surface area contributed by atoms with Crippen LogP contribution in [0, 0.1) is 6.92 Å². The highest BCUT2D eigenvalue weighted by atomic mass is 32.1. The van der Waals surface area contributed by atoms with E-state index in [9.17, 15) is 4.79 Å². The van der Waals surface area contributed by atoms with Gasteiger partial charge in [0.1, 0.15) is 24.8 Å². The van der Waals surface area contributed by atoms with Gasteiger partial charge in [-0.2, -0.15) is 9.78 Å². The summed E-state index contributed by atoms with van der Waals surface area (Å²) in [6.07, 6.45) is 0. The number of rotatable bonds is 4. The fourth-order valence-corrected chi connectivity index (χ4v) is 4.18. The molecule has 0 fully saturated rings. The first-order valence-electron chi connectivity index (χ1n) is 9.33. The van der Waals surface area contributed by atoms with Gasteiger partial charge in [-0.3, -0.25) is 4.79 Å². The van der Waals surface area contributed by atoms with E-state index in [-0.39, 0.29) is 5.91 Å². The summed E-state index contributed by atoms with van der Waals surface area (Å²) in [4.78, 5) is 17.5. The minimum atomic E-state index is -0.268. The summed E-state index contributed by atoms with van der Waals surface area (Å²) in [5.41, 5.74) is 2.08. The average molecular weight is 422 g/mol. The highest BCUT2D eigenvalue weighted by Gasteiger charge is 2.18. The smallest absolute Gasteiger partial charge is 0.256 e. The largest absolute Gasteiger partial charge is 0.497 e. The zero-order chi connectivity index (χ0) is 20.7. The summed E-state index contributed by atoms with van der Waals surface area (Å²) in [5.74, 6) is 2.25. The van der Waals surface area contributed by atoms with Gasteiger partial charge in [0.05, 0.1) is 23.0 Å². The van der Waals surface area contributed by atoms with Crippen LogP contribution in [-0.2, 0) is 0 Å². The number of nitrogens with zero attached hydrogens (tertiary/aromatic N) is 3. The number of methoxy groups -OCH3 is 1. The third kappa shape index (κ3) is 3.33. The number of carbonyl (C=O) groups excluding carboxylic acids is 1. The van der Waals surface area contributed by atoms with Gasteiger partial charge in [-0.25, -0.2) is 4.98 Å². The van der Waals surface area contributed by atoms with Crippen molar-refractivity contribution >= 4 is 33.3 Å². The van der Waals surface area contributed by atoms with Gasteiger partial charge in [0, 0.05) is 11.6 Å². The topological polar surface area (TPSA) is 87.5 Å². The van der Waals surface area contributed by atoms with Gasteiger partial charge in [-0.1, -0.05) is 11.3 Å². The Morgan fingerprint density at radius 2 is 1.97 bits per heavy atom. The molecule has 2 aromatic carbocycles. The lowest BCUT2D eigenvalue weighted by atomic mass is 10.2. The molecule has 0 atom stereocenters. The van der Waals surface area contributed by atoms with Gasteiger partial charge in [0.15, 0.2) is 11.5 Å². The van der Waals surface area contributed by atoms with E-state index >= 15 is 0 Å². The van der Waals surface area contributed by atoms with Gasteiger partial charge in [0.2, 0.25) is 5.13 Å². The molecule has 0 spiro atoms. The number of aryl methyl sites for hydroxylation is 1. The van der Waals surface area contributed by atoms with Gasteiger partial charge in [0.25, 0.3) is 5.91 Å². The number of aromatic nitrogens is 3. The summed E-state index contributed by atoms with van der Waals surface area (Å²) >= 11 is 1.47. The molecule has 9 heteroatoms. The predicted molar refractivity (Wildman–Crippen MR) is 113 cm³/mol. The molecule has 1 aliphatic heterocycles. The highest BCUT2D eigenvalue weighted by Crippen LogP contribution is 2.32. The molecule has 0 bridgehead atoms. The average Bonchev–Trinajstić information content (AvgIpc) is 3.35. The number of nitrogens with one attached hydrogen (secondary N) is 1. The monoisotopic (exact) mass is 422 g/mol. The van der Waals surface area contributed by atoms with Crippen molar-refractivity contribution in [2.24, 2.45) is 0 Å². The van der Waals surface area contributed by atoms with Crippen LogP contribution in [0.25, 0.3) is 15.3 Å². The lowest BCUT2D eigenvalue weighted by molar-refractivity contribution is 0.102. The van der Waals surface area contributed by atoms with Crippen LogP contribution in [0.4, 0.5) is 5.82 Å². The summed E-state index contributed by atoms with van der Waals surface area (Å²) < 4.78 is 19.0. The number of anilines is 1. The molecule has 0 saturated heterocycles. The van der Waals surface area contributed by atoms with Crippen molar-refractivity contribution in [3.05, 3.63) is 53.7 Å². The van der Waals surface area contributed by atoms with Crippen molar-refractivity contribution in [3.8, 4) is 22.4 Å². The third-order valence-electron chi connectivity index (χ3n) is 4.64. The SMILES string of the molecule is COc1ccc2nc(-n3nc(C)cc3NC(=O)c3ccc4c(c3)OCCO4)sc2c1. The molecule has 1 N–H and O–H groups in total. The molecular weight excluding hydrogens is 404 g/mol. The first kappa shape index (κ1) is 18.4. The third-order valence-corrected chi connectivity index (χ3v) is 5.64. The molecule has 0 unspecified atom stereocenters. The first-order chi connectivity index (χ1) is 14.6. The number of fused-ring (bicyclic) bond motifs is 2. The molecule has 152 valence electrons. The quantitative estimate of drug-likeness (QED) is 0.538. The molecule has 2 aromatic heterocycles. The maximum atomic E-state index is 12.9. The Balaban J connectivity index is 1.46. The molecule has 0 aliphatic carbocycles. The number of amides is 1. The number of ether oxygens (including phenoxy) is 3. The normalized spacial score (nSPS) is 12.7. The molecule has 1 aliphatic rings. The Bertz CT molecular complexity index is 1260. The lowest BCUT2D eigenvalue weighted by Gasteiger charge is -2.18. The van der Waals surface area contributed by atoms with Gasteiger partial charge >= 0.3 is 0 Å². The highest BCUT2D eigenvalue weighted by molar-refractivity contribution is 7.20. The number of hydrogen-bond donors (Lipinski definition) is 1. The standard InChI is InChI=1S/C21H18N4O4S/c1-12-9-19(23-20(26)13-3-6-16-17(10-13)29-8-7-28-16)25(24-12)21-22-15-5-4-14(27-2)11-18(15)30-21/h3-6,9-11H,7-8H2,1-2H3,(H,23,26). The minimum Gasteiger partial charge on any atom is -0.497 e. The lowest BCUT2D eigenvalue weighted by Crippen LogP contribution is -2.18. The summed E-state index contributed by atoms with van der Waals surface area (Å²) in [7, 11) is 1.63. The summed E-state index contributed by atoms with van der Waals surface area (Å²) in [5, 5.41) is 8.09. The number of hydrogen-bond acceptors (Lipinski definition) is 7. The Morgan fingerprint density at radius 3 is 2.80 bits per heavy atom.